The molecule has 0 radical (unpaired) electrons. The third kappa shape index (κ3) is 4.40. The summed E-state index contributed by atoms with van der Waals surface area (Å²) < 4.78 is 13.5. The molecule has 2 aromatic carbocycles. The number of rotatable bonds is 4. The summed E-state index contributed by atoms with van der Waals surface area (Å²) in [5.74, 6) is 1.14. The van der Waals surface area contributed by atoms with Gasteiger partial charge in [-0.05, 0) is 42.7 Å². The standard InChI is InChI=1S/C25H28FN5S/c1-16(2)24-30-22-23(28-20-8-3-4-9-21(20)29-25(22)32-24)31-13-12-27-19(15-31)11-10-17-6-5-7-18(26)14-17/h3-9,14,16,19,27,29H,10-13,15H2,1-2H3/t19-/m0/s1. The summed E-state index contributed by atoms with van der Waals surface area (Å²) in [6, 6.07) is 15.4. The maximum Gasteiger partial charge on any atom is 0.158 e. The van der Waals surface area contributed by atoms with E-state index in [1.54, 1.807) is 23.5 Å². The van der Waals surface area contributed by atoms with Gasteiger partial charge in [0.1, 0.15) is 16.5 Å². The Bertz CT molecular complexity index is 1140. The number of para-hydroxylation sites is 2. The zero-order valence-electron chi connectivity index (χ0n) is 18.4. The number of amidine groups is 1. The van der Waals surface area contributed by atoms with Crippen molar-refractivity contribution in [1.82, 2.24) is 15.2 Å². The van der Waals surface area contributed by atoms with Crippen LogP contribution in [-0.4, -0.2) is 41.4 Å². The number of nitrogens with zero attached hydrogens (tertiary/aromatic N) is 3. The number of aliphatic imine (C=N–C) groups is 1. The number of nitrogens with one attached hydrogen (secondary N) is 2. The lowest BCUT2D eigenvalue weighted by Gasteiger charge is -2.35. The van der Waals surface area contributed by atoms with E-state index in [9.17, 15) is 4.39 Å². The Morgan fingerprint density at radius 3 is 2.91 bits per heavy atom. The van der Waals surface area contributed by atoms with E-state index in [0.29, 0.717) is 12.0 Å². The Hall–Kier alpha value is -2.77. The fourth-order valence-electron chi connectivity index (χ4n) is 4.25. The third-order valence-electron chi connectivity index (χ3n) is 5.95. The highest BCUT2D eigenvalue weighted by molar-refractivity contribution is 7.16. The molecule has 1 saturated heterocycles. The van der Waals surface area contributed by atoms with Crippen molar-refractivity contribution in [2.24, 2.45) is 4.99 Å². The Labute approximate surface area is 192 Å². The molecule has 166 valence electrons. The second kappa shape index (κ2) is 9.00. The number of anilines is 2. The number of fused-ring (bicyclic) bond motifs is 2. The van der Waals surface area contributed by atoms with E-state index in [1.165, 1.54) is 6.07 Å². The van der Waals surface area contributed by atoms with Crippen LogP contribution >= 0.6 is 11.3 Å². The first-order valence-electron chi connectivity index (χ1n) is 11.3. The normalized spacial score (nSPS) is 17.9. The summed E-state index contributed by atoms with van der Waals surface area (Å²) in [7, 11) is 0. The second-order valence-electron chi connectivity index (χ2n) is 8.73. The Morgan fingerprint density at radius 1 is 1.19 bits per heavy atom. The lowest BCUT2D eigenvalue weighted by molar-refractivity contribution is 0.282. The molecular formula is C25H28FN5S. The maximum absolute atomic E-state index is 13.5. The number of halogens is 1. The van der Waals surface area contributed by atoms with Crippen molar-refractivity contribution in [3.63, 3.8) is 0 Å². The first-order valence-corrected chi connectivity index (χ1v) is 12.1. The minimum Gasteiger partial charge on any atom is -0.352 e. The van der Waals surface area contributed by atoms with Gasteiger partial charge in [0.05, 0.1) is 16.4 Å². The summed E-state index contributed by atoms with van der Waals surface area (Å²) in [4.78, 5) is 12.4. The van der Waals surface area contributed by atoms with Crippen molar-refractivity contribution >= 4 is 33.5 Å². The van der Waals surface area contributed by atoms with E-state index in [-0.39, 0.29) is 5.82 Å². The lowest BCUT2D eigenvalue weighted by Crippen LogP contribution is -2.53. The zero-order chi connectivity index (χ0) is 22.1. The average Bonchev–Trinajstić information content (AvgIpc) is 3.14. The second-order valence-corrected chi connectivity index (χ2v) is 9.76. The summed E-state index contributed by atoms with van der Waals surface area (Å²) in [5, 5.41) is 9.39. The molecule has 3 aromatic rings. The molecule has 7 heteroatoms. The number of hydrogen-bond acceptors (Lipinski definition) is 6. The van der Waals surface area contributed by atoms with Crippen molar-refractivity contribution in [2.45, 2.75) is 38.6 Å². The van der Waals surface area contributed by atoms with E-state index in [0.717, 1.165) is 71.0 Å². The molecule has 1 fully saturated rings. The Kier molecular flexibility index (Phi) is 5.93. The summed E-state index contributed by atoms with van der Waals surface area (Å²) in [6.45, 7) is 6.97. The first kappa shape index (κ1) is 21.1. The van der Waals surface area contributed by atoms with Crippen LogP contribution in [0.4, 0.5) is 20.8 Å². The van der Waals surface area contributed by atoms with Gasteiger partial charge in [0.15, 0.2) is 5.84 Å². The molecular weight excluding hydrogens is 421 g/mol. The molecule has 1 aromatic heterocycles. The van der Waals surface area contributed by atoms with Gasteiger partial charge in [-0.3, -0.25) is 0 Å². The quantitative estimate of drug-likeness (QED) is 0.556. The zero-order valence-corrected chi connectivity index (χ0v) is 19.3. The molecule has 0 amide bonds. The first-order chi connectivity index (χ1) is 15.6. The molecule has 2 N–H and O–H groups in total. The molecule has 2 aliphatic rings. The van der Waals surface area contributed by atoms with E-state index >= 15 is 0 Å². The molecule has 1 atom stereocenters. The molecule has 5 rings (SSSR count). The highest BCUT2D eigenvalue weighted by atomic mass is 32.1. The van der Waals surface area contributed by atoms with Crippen molar-refractivity contribution in [2.75, 3.05) is 25.0 Å². The number of benzene rings is 2. The van der Waals surface area contributed by atoms with Gasteiger partial charge < -0.3 is 15.5 Å². The van der Waals surface area contributed by atoms with E-state index in [2.05, 4.69) is 35.4 Å². The van der Waals surface area contributed by atoms with E-state index < -0.39 is 0 Å². The van der Waals surface area contributed by atoms with Gasteiger partial charge in [0.2, 0.25) is 0 Å². The molecule has 0 saturated carbocycles. The van der Waals surface area contributed by atoms with Crippen molar-refractivity contribution in [3.05, 3.63) is 70.6 Å². The van der Waals surface area contributed by atoms with Crippen LogP contribution in [0.5, 0.6) is 0 Å². The van der Waals surface area contributed by atoms with Gasteiger partial charge in [-0.25, -0.2) is 14.4 Å². The molecule has 32 heavy (non-hydrogen) atoms. The van der Waals surface area contributed by atoms with Crippen molar-refractivity contribution < 1.29 is 4.39 Å². The smallest absolute Gasteiger partial charge is 0.158 e. The predicted molar refractivity (Wildman–Crippen MR) is 130 cm³/mol. The Morgan fingerprint density at radius 2 is 2.06 bits per heavy atom. The van der Waals surface area contributed by atoms with Crippen molar-refractivity contribution in [1.29, 1.82) is 0 Å². The van der Waals surface area contributed by atoms with Gasteiger partial charge in [0, 0.05) is 31.6 Å². The van der Waals surface area contributed by atoms with Crippen LogP contribution in [0, 0.1) is 5.82 Å². The highest BCUT2D eigenvalue weighted by Crippen LogP contribution is 2.39. The number of thiazole rings is 1. The monoisotopic (exact) mass is 449 g/mol. The molecule has 5 nitrogen and oxygen atoms in total. The fraction of sp³-hybridized carbons (Fsp3) is 0.360. The molecule has 2 aliphatic heterocycles. The van der Waals surface area contributed by atoms with Crippen LogP contribution in [-0.2, 0) is 6.42 Å². The number of aromatic nitrogens is 1. The Balaban J connectivity index is 1.41. The van der Waals surface area contributed by atoms with Crippen LogP contribution in [0.25, 0.3) is 0 Å². The largest absolute Gasteiger partial charge is 0.352 e. The van der Waals surface area contributed by atoms with Gasteiger partial charge in [-0.15, -0.1) is 11.3 Å². The SMILES string of the molecule is CC(C)c1nc2c(s1)Nc1ccccc1N=C2N1CCN[C@@H](CCc2cccc(F)c2)C1. The van der Waals surface area contributed by atoms with E-state index in [4.69, 9.17) is 9.98 Å². The highest BCUT2D eigenvalue weighted by Gasteiger charge is 2.29. The summed E-state index contributed by atoms with van der Waals surface area (Å²) >= 11 is 1.72. The number of piperazine rings is 1. The molecule has 0 unspecified atom stereocenters. The van der Waals surface area contributed by atoms with Crippen LogP contribution in [0.1, 0.15) is 42.5 Å². The summed E-state index contributed by atoms with van der Waals surface area (Å²) in [5.41, 5.74) is 3.94. The fourth-order valence-corrected chi connectivity index (χ4v) is 5.23. The van der Waals surface area contributed by atoms with Crippen LogP contribution < -0.4 is 10.6 Å². The third-order valence-corrected chi connectivity index (χ3v) is 7.22. The van der Waals surface area contributed by atoms with Crippen LogP contribution in [0.2, 0.25) is 0 Å². The maximum atomic E-state index is 13.5. The number of hydrogen-bond donors (Lipinski definition) is 2. The van der Waals surface area contributed by atoms with Crippen molar-refractivity contribution in [3.8, 4) is 0 Å². The van der Waals surface area contributed by atoms with Gasteiger partial charge >= 0.3 is 0 Å². The summed E-state index contributed by atoms with van der Waals surface area (Å²) in [6.07, 6.45) is 1.79. The van der Waals surface area contributed by atoms with Crippen LogP contribution in [0.3, 0.4) is 0 Å². The molecule has 0 spiro atoms. The molecule has 0 aliphatic carbocycles. The van der Waals surface area contributed by atoms with Gasteiger partial charge in [-0.1, -0.05) is 38.1 Å². The number of aryl methyl sites for hydroxylation is 1. The lowest BCUT2D eigenvalue weighted by atomic mass is 10.0. The molecule has 3 heterocycles. The van der Waals surface area contributed by atoms with E-state index in [1.807, 2.05) is 24.3 Å². The van der Waals surface area contributed by atoms with Crippen LogP contribution in [0.15, 0.2) is 53.5 Å². The minimum atomic E-state index is -0.170. The topological polar surface area (TPSA) is 52.6 Å². The van der Waals surface area contributed by atoms with Gasteiger partial charge in [0.25, 0.3) is 0 Å². The van der Waals surface area contributed by atoms with Gasteiger partial charge in [-0.2, -0.15) is 0 Å². The minimum absolute atomic E-state index is 0.170. The molecule has 0 bridgehead atoms. The predicted octanol–water partition coefficient (Wildman–Crippen LogP) is 5.45. The average molecular weight is 450 g/mol.